The fourth-order valence-corrected chi connectivity index (χ4v) is 1.88. The predicted molar refractivity (Wildman–Crippen MR) is 97.8 cm³/mol. The Labute approximate surface area is 172 Å². The maximum absolute atomic E-state index is 10.7. The van der Waals surface area contributed by atoms with Crippen LogP contribution < -0.4 is 0 Å². The normalized spacial score (nSPS) is 17.9. The molecule has 2 aromatic heterocycles. The van der Waals surface area contributed by atoms with Gasteiger partial charge in [0.1, 0.15) is 0 Å². The average molecular weight is 512 g/mol. The molecule has 0 aliphatic heterocycles. The molecule has 0 atom stereocenters. The first-order valence-electron chi connectivity index (χ1n) is 8.10. The van der Waals surface area contributed by atoms with Gasteiger partial charge in [0.05, 0.1) is 11.4 Å². The molecule has 0 saturated heterocycles. The fourth-order valence-electron chi connectivity index (χ4n) is 1.88. The molecule has 1 aliphatic rings. The van der Waals surface area contributed by atoms with Crippen molar-refractivity contribution in [1.29, 1.82) is 0 Å². The molecule has 2 nitrogen and oxygen atoms in total. The first-order valence-corrected chi connectivity index (χ1v) is 10.1. The third-order valence-corrected chi connectivity index (χ3v) is 2.93. The van der Waals surface area contributed by atoms with Gasteiger partial charge in [-0.3, -0.25) is 9.97 Å². The van der Waals surface area contributed by atoms with Gasteiger partial charge in [-0.15, -0.1) is 0 Å². The summed E-state index contributed by atoms with van der Waals surface area (Å²) in [6.45, 7) is 0. The number of pyridine rings is 2. The molecule has 0 amide bonds. The van der Waals surface area contributed by atoms with E-state index in [1.807, 2.05) is 36.4 Å². The Bertz CT molecular complexity index is 660. The van der Waals surface area contributed by atoms with Crippen molar-refractivity contribution in [3.63, 3.8) is 0 Å². The second kappa shape index (κ2) is 10.8. The molecule has 159 valence electrons. The Hall–Kier alpha value is -1.59. The van der Waals surface area contributed by atoms with Gasteiger partial charge in [-0.2, -0.15) is 0 Å². The van der Waals surface area contributed by atoms with Crippen molar-refractivity contribution in [1.82, 2.24) is 9.97 Å². The largest absolute Gasteiger partial charge is 0.255 e. The maximum atomic E-state index is 9.87. The van der Waals surface area contributed by atoms with E-state index >= 15 is 0 Å². The van der Waals surface area contributed by atoms with Crippen LogP contribution in [0.25, 0.3) is 11.4 Å². The Balaban J connectivity index is 0.000000405. The van der Waals surface area contributed by atoms with Gasteiger partial charge in [0.25, 0.3) is 0 Å². The topological polar surface area (TPSA) is 25.8 Å². The molecule has 0 fully saturated rings. The van der Waals surface area contributed by atoms with Gasteiger partial charge in [-0.25, -0.2) is 0 Å². The Morgan fingerprint density at radius 3 is 1.07 bits per heavy atom. The van der Waals surface area contributed by atoms with Gasteiger partial charge in [0.2, 0.25) is 0 Å². The third-order valence-electron chi connectivity index (χ3n) is 2.93. The average Bonchev–Trinajstić information content (AvgIpc) is 2.54. The van der Waals surface area contributed by atoms with E-state index in [1.54, 1.807) is 12.4 Å². The number of allylic oxidation sites excluding steroid dienone is 4. The summed E-state index contributed by atoms with van der Waals surface area (Å²) >= 11 is 0. The molecule has 2 heterocycles. The van der Waals surface area contributed by atoms with Crippen LogP contribution in [0.15, 0.2) is 73.1 Å². The van der Waals surface area contributed by atoms with E-state index in [2.05, 4.69) is 34.3 Å². The van der Waals surface area contributed by atoms with Crippen LogP contribution in [-0.2, 0) is 19.5 Å². The summed E-state index contributed by atoms with van der Waals surface area (Å²) in [5.74, 6) is 0. The van der Waals surface area contributed by atoms with Crippen LogP contribution in [0.3, 0.4) is 0 Å². The van der Waals surface area contributed by atoms with E-state index in [-0.39, 0.29) is 19.5 Å². The standard InChI is InChI=1S/C10H8N2.C8H12.F6P.Rh/c1-3-7-11-9(5-1)10-6-2-4-8-12-10;1-2-4-6-8-7-5-3-1;1-7(2,3,4,5)6;/h1-8H;1-2,7-8H,3-6H2;;/q;;-1;/b;2-1-,8-7-;;. The molecule has 3 rings (SSSR count). The molecule has 28 heavy (non-hydrogen) atoms. The molecule has 0 N–H and O–H groups in total. The molecular weight excluding hydrogens is 492 g/mol. The number of rotatable bonds is 1. The van der Waals surface area contributed by atoms with Crippen molar-refractivity contribution in [2.24, 2.45) is 0 Å². The first-order chi connectivity index (χ1) is 12.4. The molecule has 0 unspecified atom stereocenters. The molecule has 1 aliphatic carbocycles. The summed E-state index contributed by atoms with van der Waals surface area (Å²) in [4.78, 5) is 8.37. The molecular formula is C18H20F6N2PRh-. The van der Waals surface area contributed by atoms with Gasteiger partial charge in [-0.1, -0.05) is 36.4 Å². The molecule has 0 saturated carbocycles. The van der Waals surface area contributed by atoms with Gasteiger partial charge >= 0.3 is 33.0 Å². The number of hydrogen-bond donors (Lipinski definition) is 0. The number of hydrogen-bond acceptors (Lipinski definition) is 2. The van der Waals surface area contributed by atoms with E-state index in [0.717, 1.165) is 11.4 Å². The zero-order chi connectivity index (χ0) is 20.3. The quantitative estimate of drug-likeness (QED) is 0.167. The van der Waals surface area contributed by atoms with E-state index in [0.29, 0.717) is 0 Å². The number of nitrogens with zero attached hydrogens (tertiary/aromatic N) is 2. The van der Waals surface area contributed by atoms with Crippen LogP contribution >= 0.6 is 7.81 Å². The van der Waals surface area contributed by atoms with Crippen molar-refractivity contribution in [2.45, 2.75) is 25.7 Å². The minimum Gasteiger partial charge on any atom is -0.255 e. The van der Waals surface area contributed by atoms with E-state index < -0.39 is 7.81 Å². The zero-order valence-corrected chi connectivity index (χ0v) is 17.2. The smallest absolute Gasteiger partial charge is 0.0886 e. The number of halogens is 6. The minimum atomic E-state index is -10.7. The Morgan fingerprint density at radius 2 is 0.857 bits per heavy atom. The van der Waals surface area contributed by atoms with Gasteiger partial charge < -0.3 is 0 Å². The van der Waals surface area contributed by atoms with Crippen LogP contribution in [0.2, 0.25) is 0 Å². The van der Waals surface area contributed by atoms with E-state index in [4.69, 9.17) is 0 Å². The molecule has 0 spiro atoms. The van der Waals surface area contributed by atoms with E-state index in [1.165, 1.54) is 25.7 Å². The van der Waals surface area contributed by atoms with Crippen molar-refractivity contribution >= 4 is 7.81 Å². The molecule has 0 aromatic carbocycles. The van der Waals surface area contributed by atoms with Crippen molar-refractivity contribution < 1.29 is 44.7 Å². The van der Waals surface area contributed by atoms with Crippen LogP contribution in [0, 0.1) is 0 Å². The third kappa shape index (κ3) is 19.2. The molecule has 1 radical (unpaired) electrons. The maximum Gasteiger partial charge on any atom is 0.0886 e. The summed E-state index contributed by atoms with van der Waals surface area (Å²) in [5, 5.41) is 0. The summed E-state index contributed by atoms with van der Waals surface area (Å²) in [6.07, 6.45) is 17.5. The molecule has 0 bridgehead atoms. The van der Waals surface area contributed by atoms with Gasteiger partial charge in [0, 0.05) is 31.9 Å². The summed E-state index contributed by atoms with van der Waals surface area (Å²) in [7, 11) is -10.7. The second-order valence-electron chi connectivity index (χ2n) is 5.49. The summed E-state index contributed by atoms with van der Waals surface area (Å²) < 4.78 is 59.2. The predicted octanol–water partition coefficient (Wildman–Crippen LogP) is 8.20. The van der Waals surface area contributed by atoms with E-state index in [9.17, 15) is 25.2 Å². The number of aromatic nitrogens is 2. The van der Waals surface area contributed by atoms with Crippen LogP contribution in [-0.4, -0.2) is 9.97 Å². The van der Waals surface area contributed by atoms with Gasteiger partial charge in [-0.05, 0) is 49.9 Å². The Kier molecular flexibility index (Phi) is 10.2. The monoisotopic (exact) mass is 512 g/mol. The van der Waals surface area contributed by atoms with Crippen molar-refractivity contribution in [3.05, 3.63) is 73.1 Å². The zero-order valence-electron chi connectivity index (χ0n) is 14.7. The summed E-state index contributed by atoms with van der Waals surface area (Å²) in [5.41, 5.74) is 1.83. The van der Waals surface area contributed by atoms with Crippen molar-refractivity contribution in [2.75, 3.05) is 0 Å². The van der Waals surface area contributed by atoms with Gasteiger partial charge in [0.15, 0.2) is 0 Å². The first kappa shape index (κ1) is 26.4. The second-order valence-corrected chi connectivity index (χ2v) is 7.40. The molecule has 2 aromatic rings. The van der Waals surface area contributed by atoms with Crippen LogP contribution in [0.1, 0.15) is 25.7 Å². The van der Waals surface area contributed by atoms with Crippen molar-refractivity contribution in [3.8, 4) is 11.4 Å². The fraction of sp³-hybridized carbons (Fsp3) is 0.222. The van der Waals surface area contributed by atoms with Crippen LogP contribution in [0.4, 0.5) is 25.2 Å². The summed E-state index contributed by atoms with van der Waals surface area (Å²) in [6, 6.07) is 11.6. The van der Waals surface area contributed by atoms with Crippen LogP contribution in [0.5, 0.6) is 0 Å². The molecule has 10 heteroatoms. The Morgan fingerprint density at radius 1 is 0.571 bits per heavy atom. The minimum absolute atomic E-state index is 0. The SMILES string of the molecule is C1=C\CC/C=C\CC/1.F[P-](F)(F)(F)(F)F.[Rh].c1ccc(-c2ccccn2)nc1.